The lowest BCUT2D eigenvalue weighted by Crippen LogP contribution is -1.95. The summed E-state index contributed by atoms with van der Waals surface area (Å²) in [5.74, 6) is 0.724. The van der Waals surface area contributed by atoms with Crippen LogP contribution in [0.3, 0.4) is 0 Å². The molecule has 4 aromatic rings. The van der Waals surface area contributed by atoms with E-state index in [1.807, 2.05) is 66.7 Å². The minimum Gasteiger partial charge on any atom is -0.228 e. The third-order valence-corrected chi connectivity index (χ3v) is 4.44. The largest absolute Gasteiger partial charge is 0.228 e. The Morgan fingerprint density at radius 3 is 1.56 bits per heavy atom. The molecule has 0 radical (unpaired) electrons. The van der Waals surface area contributed by atoms with Gasteiger partial charge in [0, 0.05) is 21.2 Å². The van der Waals surface area contributed by atoms with Crippen molar-refractivity contribution < 1.29 is 0 Å². The SMILES string of the molecule is Brc1cccc(-c2nc(-c3ccccc3)cc(-c3ccccc3)n2)c1. The van der Waals surface area contributed by atoms with Crippen LogP contribution in [0.5, 0.6) is 0 Å². The highest BCUT2D eigenvalue weighted by molar-refractivity contribution is 9.10. The summed E-state index contributed by atoms with van der Waals surface area (Å²) in [5, 5.41) is 0. The Bertz CT molecular complexity index is 941. The summed E-state index contributed by atoms with van der Waals surface area (Å²) in [4.78, 5) is 9.62. The van der Waals surface area contributed by atoms with Crippen LogP contribution in [0, 0.1) is 0 Å². The van der Waals surface area contributed by atoms with Crippen molar-refractivity contribution in [3.8, 4) is 33.9 Å². The van der Waals surface area contributed by atoms with E-state index < -0.39 is 0 Å². The molecule has 0 fully saturated rings. The molecule has 4 rings (SSSR count). The first-order valence-corrected chi connectivity index (χ1v) is 8.85. The van der Waals surface area contributed by atoms with E-state index in [1.54, 1.807) is 0 Å². The molecule has 25 heavy (non-hydrogen) atoms. The topological polar surface area (TPSA) is 25.8 Å². The second-order valence-electron chi connectivity index (χ2n) is 5.70. The molecular formula is C22H15BrN2. The number of hydrogen-bond acceptors (Lipinski definition) is 2. The Labute approximate surface area is 155 Å². The first kappa shape index (κ1) is 15.7. The number of benzene rings is 3. The fourth-order valence-corrected chi connectivity index (χ4v) is 3.12. The van der Waals surface area contributed by atoms with Gasteiger partial charge in [0.2, 0.25) is 0 Å². The van der Waals surface area contributed by atoms with Gasteiger partial charge in [-0.15, -0.1) is 0 Å². The minimum absolute atomic E-state index is 0.724. The van der Waals surface area contributed by atoms with Gasteiger partial charge in [-0.25, -0.2) is 9.97 Å². The normalized spacial score (nSPS) is 10.6. The summed E-state index contributed by atoms with van der Waals surface area (Å²) in [6, 6.07) is 30.5. The fraction of sp³-hybridized carbons (Fsp3) is 0. The first-order chi connectivity index (χ1) is 12.3. The van der Waals surface area contributed by atoms with Crippen LogP contribution in [0.4, 0.5) is 0 Å². The number of hydrogen-bond donors (Lipinski definition) is 0. The molecule has 0 N–H and O–H groups in total. The van der Waals surface area contributed by atoms with Gasteiger partial charge in [0.05, 0.1) is 11.4 Å². The van der Waals surface area contributed by atoms with Crippen molar-refractivity contribution in [3.05, 3.63) is 95.5 Å². The first-order valence-electron chi connectivity index (χ1n) is 8.05. The Morgan fingerprint density at radius 1 is 0.520 bits per heavy atom. The maximum atomic E-state index is 4.81. The molecule has 1 heterocycles. The third-order valence-electron chi connectivity index (χ3n) is 3.95. The van der Waals surface area contributed by atoms with Gasteiger partial charge in [-0.1, -0.05) is 88.7 Å². The number of halogens is 1. The molecule has 3 aromatic carbocycles. The summed E-state index contributed by atoms with van der Waals surface area (Å²) in [6.45, 7) is 0. The number of rotatable bonds is 3. The van der Waals surface area contributed by atoms with Gasteiger partial charge >= 0.3 is 0 Å². The predicted molar refractivity (Wildman–Crippen MR) is 106 cm³/mol. The van der Waals surface area contributed by atoms with Gasteiger partial charge in [-0.2, -0.15) is 0 Å². The van der Waals surface area contributed by atoms with Crippen LogP contribution >= 0.6 is 15.9 Å². The molecule has 3 heteroatoms. The molecule has 0 spiro atoms. The molecule has 120 valence electrons. The van der Waals surface area contributed by atoms with Crippen LogP contribution in [0.1, 0.15) is 0 Å². The van der Waals surface area contributed by atoms with E-state index in [0.717, 1.165) is 38.4 Å². The molecule has 0 atom stereocenters. The van der Waals surface area contributed by atoms with E-state index in [2.05, 4.69) is 40.2 Å². The van der Waals surface area contributed by atoms with E-state index in [9.17, 15) is 0 Å². The Kier molecular flexibility index (Phi) is 4.40. The van der Waals surface area contributed by atoms with Gasteiger partial charge in [0.1, 0.15) is 0 Å². The average Bonchev–Trinajstić information content (AvgIpc) is 2.69. The van der Waals surface area contributed by atoms with Crippen molar-refractivity contribution in [3.63, 3.8) is 0 Å². The standard InChI is InChI=1S/C22H15BrN2/c23-19-13-7-12-18(14-19)22-24-20(16-8-3-1-4-9-16)15-21(25-22)17-10-5-2-6-11-17/h1-15H. The van der Waals surface area contributed by atoms with E-state index in [0.29, 0.717) is 0 Å². The van der Waals surface area contributed by atoms with Crippen molar-refractivity contribution >= 4 is 15.9 Å². The summed E-state index contributed by atoms with van der Waals surface area (Å²) in [6.07, 6.45) is 0. The van der Waals surface area contributed by atoms with Crippen LogP contribution in [0.15, 0.2) is 95.5 Å². The van der Waals surface area contributed by atoms with E-state index in [4.69, 9.17) is 9.97 Å². The van der Waals surface area contributed by atoms with Crippen molar-refractivity contribution in [1.29, 1.82) is 0 Å². The quantitative estimate of drug-likeness (QED) is 0.416. The summed E-state index contributed by atoms with van der Waals surface area (Å²) < 4.78 is 1.01. The van der Waals surface area contributed by atoms with Crippen LogP contribution in [0.2, 0.25) is 0 Å². The van der Waals surface area contributed by atoms with Crippen LogP contribution in [-0.4, -0.2) is 9.97 Å². The monoisotopic (exact) mass is 386 g/mol. The van der Waals surface area contributed by atoms with Crippen LogP contribution in [0.25, 0.3) is 33.9 Å². The van der Waals surface area contributed by atoms with E-state index in [1.165, 1.54) is 0 Å². The van der Waals surface area contributed by atoms with E-state index >= 15 is 0 Å². The van der Waals surface area contributed by atoms with Crippen molar-refractivity contribution in [2.24, 2.45) is 0 Å². The zero-order valence-corrected chi connectivity index (χ0v) is 15.0. The molecular weight excluding hydrogens is 372 g/mol. The molecule has 0 aliphatic carbocycles. The molecule has 0 aliphatic rings. The molecule has 0 saturated heterocycles. The zero-order valence-electron chi connectivity index (χ0n) is 13.4. The van der Waals surface area contributed by atoms with Gasteiger partial charge in [0.15, 0.2) is 5.82 Å². The zero-order chi connectivity index (χ0) is 17.1. The van der Waals surface area contributed by atoms with Crippen LogP contribution < -0.4 is 0 Å². The van der Waals surface area contributed by atoms with Gasteiger partial charge < -0.3 is 0 Å². The second-order valence-corrected chi connectivity index (χ2v) is 6.62. The lowest BCUT2D eigenvalue weighted by Gasteiger charge is -2.09. The lowest BCUT2D eigenvalue weighted by molar-refractivity contribution is 1.18. The molecule has 1 aromatic heterocycles. The Hall–Kier alpha value is -2.78. The highest BCUT2D eigenvalue weighted by Crippen LogP contribution is 2.28. The van der Waals surface area contributed by atoms with Gasteiger partial charge in [-0.3, -0.25) is 0 Å². The Morgan fingerprint density at radius 2 is 1.04 bits per heavy atom. The third kappa shape index (κ3) is 3.52. The maximum Gasteiger partial charge on any atom is 0.160 e. The average molecular weight is 387 g/mol. The maximum absolute atomic E-state index is 4.81. The molecule has 0 saturated carbocycles. The lowest BCUT2D eigenvalue weighted by atomic mass is 10.1. The highest BCUT2D eigenvalue weighted by atomic mass is 79.9. The van der Waals surface area contributed by atoms with Gasteiger partial charge in [-0.05, 0) is 18.2 Å². The van der Waals surface area contributed by atoms with Gasteiger partial charge in [0.25, 0.3) is 0 Å². The van der Waals surface area contributed by atoms with Crippen LogP contribution in [-0.2, 0) is 0 Å². The van der Waals surface area contributed by atoms with Crippen molar-refractivity contribution in [1.82, 2.24) is 9.97 Å². The number of aromatic nitrogens is 2. The number of nitrogens with zero attached hydrogens (tertiary/aromatic N) is 2. The predicted octanol–water partition coefficient (Wildman–Crippen LogP) is 6.24. The Balaban J connectivity index is 1.92. The summed E-state index contributed by atoms with van der Waals surface area (Å²) in [5.41, 5.74) is 5.00. The smallest absolute Gasteiger partial charge is 0.160 e. The second kappa shape index (κ2) is 6.99. The molecule has 0 amide bonds. The minimum atomic E-state index is 0.724. The molecule has 0 aliphatic heterocycles. The van der Waals surface area contributed by atoms with Crippen molar-refractivity contribution in [2.45, 2.75) is 0 Å². The molecule has 0 bridgehead atoms. The fourth-order valence-electron chi connectivity index (χ4n) is 2.72. The summed E-state index contributed by atoms with van der Waals surface area (Å²) >= 11 is 3.53. The molecule has 2 nitrogen and oxygen atoms in total. The van der Waals surface area contributed by atoms with Crippen molar-refractivity contribution in [2.75, 3.05) is 0 Å². The highest BCUT2D eigenvalue weighted by Gasteiger charge is 2.10. The summed E-state index contributed by atoms with van der Waals surface area (Å²) in [7, 11) is 0. The molecule has 0 unspecified atom stereocenters. The van der Waals surface area contributed by atoms with E-state index in [-0.39, 0.29) is 0 Å².